The first-order valence-corrected chi connectivity index (χ1v) is 6.50. The molecule has 1 aromatic carbocycles. The van der Waals surface area contributed by atoms with E-state index in [0.29, 0.717) is 6.42 Å². The number of benzene rings is 1. The van der Waals surface area contributed by atoms with E-state index < -0.39 is 0 Å². The molecule has 0 saturated carbocycles. The number of carbonyl (C=O) groups is 1. The minimum atomic E-state index is 0.273. The van der Waals surface area contributed by atoms with E-state index in [2.05, 4.69) is 38.1 Å². The van der Waals surface area contributed by atoms with Crippen LogP contribution in [-0.2, 0) is 11.2 Å². The maximum absolute atomic E-state index is 11.9. The van der Waals surface area contributed by atoms with E-state index >= 15 is 0 Å². The van der Waals surface area contributed by atoms with Crippen molar-refractivity contribution in [1.29, 1.82) is 0 Å². The van der Waals surface area contributed by atoms with Gasteiger partial charge >= 0.3 is 0 Å². The molecule has 0 unspecified atom stereocenters. The molecule has 1 amide bonds. The van der Waals surface area contributed by atoms with Gasteiger partial charge in [0.05, 0.1) is 0 Å². The Morgan fingerprint density at radius 1 is 1.18 bits per heavy atom. The van der Waals surface area contributed by atoms with Crippen molar-refractivity contribution < 1.29 is 4.79 Å². The van der Waals surface area contributed by atoms with Crippen molar-refractivity contribution in [1.82, 2.24) is 4.90 Å². The van der Waals surface area contributed by atoms with Crippen LogP contribution in [0.2, 0.25) is 0 Å². The van der Waals surface area contributed by atoms with E-state index in [4.69, 9.17) is 0 Å². The quantitative estimate of drug-likeness (QED) is 0.739. The summed E-state index contributed by atoms with van der Waals surface area (Å²) in [6, 6.07) is 8.42. The maximum Gasteiger partial charge on any atom is 0.222 e. The Bertz CT molecular complexity index is 342. The molecule has 0 aliphatic heterocycles. The van der Waals surface area contributed by atoms with Crippen LogP contribution in [0, 0.1) is 6.92 Å². The van der Waals surface area contributed by atoms with Crippen LogP contribution in [0.15, 0.2) is 24.3 Å². The van der Waals surface area contributed by atoms with Gasteiger partial charge in [0, 0.05) is 19.5 Å². The third kappa shape index (κ3) is 4.59. The van der Waals surface area contributed by atoms with Crippen LogP contribution in [0.5, 0.6) is 0 Å². The van der Waals surface area contributed by atoms with Crippen molar-refractivity contribution in [3.8, 4) is 0 Å². The van der Waals surface area contributed by atoms with Crippen molar-refractivity contribution >= 4 is 5.91 Å². The molecule has 2 nitrogen and oxygen atoms in total. The summed E-state index contributed by atoms with van der Waals surface area (Å²) >= 11 is 0. The van der Waals surface area contributed by atoms with Crippen LogP contribution in [0.4, 0.5) is 0 Å². The average Bonchev–Trinajstić information content (AvgIpc) is 2.35. The summed E-state index contributed by atoms with van der Waals surface area (Å²) in [7, 11) is 0. The Hall–Kier alpha value is -1.31. The van der Waals surface area contributed by atoms with Crippen LogP contribution < -0.4 is 0 Å². The molecule has 0 heterocycles. The zero-order valence-electron chi connectivity index (χ0n) is 11.2. The van der Waals surface area contributed by atoms with Gasteiger partial charge in [0.2, 0.25) is 5.91 Å². The Balaban J connectivity index is 2.44. The number of carbonyl (C=O) groups excluding carboxylic acids is 1. The molecule has 94 valence electrons. The fourth-order valence-corrected chi connectivity index (χ4v) is 1.89. The van der Waals surface area contributed by atoms with E-state index in [-0.39, 0.29) is 5.91 Å². The normalized spacial score (nSPS) is 10.3. The Morgan fingerprint density at radius 2 is 1.82 bits per heavy atom. The third-order valence-corrected chi connectivity index (χ3v) is 2.98. The van der Waals surface area contributed by atoms with Crippen LogP contribution in [0.3, 0.4) is 0 Å². The van der Waals surface area contributed by atoms with E-state index in [9.17, 15) is 4.79 Å². The molecule has 1 rings (SSSR count). The number of hydrogen-bond donors (Lipinski definition) is 0. The van der Waals surface area contributed by atoms with Crippen molar-refractivity contribution in [2.24, 2.45) is 0 Å². The molecule has 1 aromatic rings. The van der Waals surface area contributed by atoms with Crippen molar-refractivity contribution in [2.75, 3.05) is 13.1 Å². The second kappa shape index (κ2) is 7.10. The largest absolute Gasteiger partial charge is 0.343 e. The van der Waals surface area contributed by atoms with Crippen molar-refractivity contribution in [3.63, 3.8) is 0 Å². The molecule has 0 radical (unpaired) electrons. The van der Waals surface area contributed by atoms with Gasteiger partial charge in [-0.2, -0.15) is 0 Å². The molecule has 0 aromatic heterocycles. The van der Waals surface area contributed by atoms with Crippen LogP contribution in [0.1, 0.15) is 37.8 Å². The monoisotopic (exact) mass is 233 g/mol. The zero-order valence-corrected chi connectivity index (χ0v) is 11.2. The summed E-state index contributed by atoms with van der Waals surface area (Å²) in [5.74, 6) is 0.273. The van der Waals surface area contributed by atoms with Gasteiger partial charge in [-0.25, -0.2) is 0 Å². The summed E-state index contributed by atoms with van der Waals surface area (Å²) in [5.41, 5.74) is 2.51. The molecule has 0 fully saturated rings. The lowest BCUT2D eigenvalue weighted by Crippen LogP contribution is -2.31. The average molecular weight is 233 g/mol. The lowest BCUT2D eigenvalue weighted by atomic mass is 10.1. The van der Waals surface area contributed by atoms with E-state index in [1.807, 2.05) is 11.8 Å². The van der Waals surface area contributed by atoms with Crippen molar-refractivity contribution in [3.05, 3.63) is 35.4 Å². The van der Waals surface area contributed by atoms with Gasteiger partial charge in [0.1, 0.15) is 0 Å². The minimum Gasteiger partial charge on any atom is -0.343 e. The Kier molecular flexibility index (Phi) is 5.75. The van der Waals surface area contributed by atoms with Gasteiger partial charge in [0.25, 0.3) is 0 Å². The van der Waals surface area contributed by atoms with E-state index in [1.165, 1.54) is 11.1 Å². The van der Waals surface area contributed by atoms with Gasteiger partial charge in [-0.3, -0.25) is 4.79 Å². The zero-order chi connectivity index (χ0) is 12.7. The minimum absolute atomic E-state index is 0.273. The Labute approximate surface area is 105 Å². The first-order chi connectivity index (χ1) is 8.17. The number of rotatable bonds is 6. The molecule has 0 aliphatic rings. The highest BCUT2D eigenvalue weighted by Crippen LogP contribution is 2.07. The van der Waals surface area contributed by atoms with Gasteiger partial charge in [-0.05, 0) is 32.3 Å². The standard InChI is InChI=1S/C15H23NO/c1-4-12-16(5-2)15(17)11-10-14-8-6-13(3)7-9-14/h6-9H,4-5,10-12H2,1-3H3. The van der Waals surface area contributed by atoms with Crippen LogP contribution >= 0.6 is 0 Å². The topological polar surface area (TPSA) is 20.3 Å². The Morgan fingerprint density at radius 3 is 2.35 bits per heavy atom. The molecule has 0 atom stereocenters. The fraction of sp³-hybridized carbons (Fsp3) is 0.533. The van der Waals surface area contributed by atoms with Crippen LogP contribution in [0.25, 0.3) is 0 Å². The molecule has 2 heteroatoms. The molecule has 0 aliphatic carbocycles. The summed E-state index contributed by atoms with van der Waals surface area (Å²) in [4.78, 5) is 13.9. The number of amides is 1. The van der Waals surface area contributed by atoms with Gasteiger partial charge in [-0.1, -0.05) is 36.8 Å². The molecule has 17 heavy (non-hydrogen) atoms. The van der Waals surface area contributed by atoms with Gasteiger partial charge in [-0.15, -0.1) is 0 Å². The summed E-state index contributed by atoms with van der Waals surface area (Å²) < 4.78 is 0. The SMILES string of the molecule is CCCN(CC)C(=O)CCc1ccc(C)cc1. The van der Waals surface area contributed by atoms with Gasteiger partial charge in [0.15, 0.2) is 0 Å². The predicted molar refractivity (Wildman–Crippen MR) is 72.0 cm³/mol. The maximum atomic E-state index is 11.9. The first kappa shape index (κ1) is 13.8. The van der Waals surface area contributed by atoms with Gasteiger partial charge < -0.3 is 4.90 Å². The highest BCUT2D eigenvalue weighted by atomic mass is 16.2. The second-order valence-electron chi connectivity index (χ2n) is 4.46. The molecule has 0 spiro atoms. The molecule has 0 bridgehead atoms. The smallest absolute Gasteiger partial charge is 0.222 e. The summed E-state index contributed by atoms with van der Waals surface area (Å²) in [6.45, 7) is 7.92. The highest BCUT2D eigenvalue weighted by molar-refractivity contribution is 5.76. The summed E-state index contributed by atoms with van der Waals surface area (Å²) in [6.07, 6.45) is 2.50. The second-order valence-corrected chi connectivity index (χ2v) is 4.46. The number of hydrogen-bond acceptors (Lipinski definition) is 1. The van der Waals surface area contributed by atoms with E-state index in [0.717, 1.165) is 25.9 Å². The predicted octanol–water partition coefficient (Wildman–Crippen LogP) is 3.19. The lowest BCUT2D eigenvalue weighted by molar-refractivity contribution is -0.131. The van der Waals surface area contributed by atoms with Crippen molar-refractivity contribution in [2.45, 2.75) is 40.0 Å². The molecule has 0 saturated heterocycles. The fourth-order valence-electron chi connectivity index (χ4n) is 1.89. The lowest BCUT2D eigenvalue weighted by Gasteiger charge is -2.19. The van der Waals surface area contributed by atoms with Crippen LogP contribution in [-0.4, -0.2) is 23.9 Å². The number of nitrogens with zero attached hydrogens (tertiary/aromatic N) is 1. The summed E-state index contributed by atoms with van der Waals surface area (Å²) in [5, 5.41) is 0. The third-order valence-electron chi connectivity index (χ3n) is 2.98. The molecular weight excluding hydrogens is 210 g/mol. The van der Waals surface area contributed by atoms with E-state index in [1.54, 1.807) is 0 Å². The first-order valence-electron chi connectivity index (χ1n) is 6.50. The highest BCUT2D eigenvalue weighted by Gasteiger charge is 2.09. The number of aryl methyl sites for hydroxylation is 2. The molecule has 0 N–H and O–H groups in total. The molecular formula is C15H23NO.